The molecule has 0 radical (unpaired) electrons. The number of phenolic OH excluding ortho intramolecular Hbond substituents is 2. The van der Waals surface area contributed by atoms with Crippen LogP contribution in [0.3, 0.4) is 0 Å². The number of alkyl halides is 6. The molecule has 0 unspecified atom stereocenters. The topological polar surface area (TPSA) is 124 Å². The molecule has 0 amide bonds. The van der Waals surface area contributed by atoms with Crippen LogP contribution in [0, 0.1) is 0 Å². The highest BCUT2D eigenvalue weighted by atomic mass is 19.4. The van der Waals surface area contributed by atoms with Crippen LogP contribution in [0.1, 0.15) is 116 Å². The van der Waals surface area contributed by atoms with Crippen molar-refractivity contribution >= 4 is 35.4 Å². The van der Waals surface area contributed by atoms with Gasteiger partial charge < -0.3 is 10.2 Å². The second-order valence-electron chi connectivity index (χ2n) is 18.3. The Balaban J connectivity index is 1.77. The van der Waals surface area contributed by atoms with Gasteiger partial charge in [0.1, 0.15) is 34.1 Å². The van der Waals surface area contributed by atoms with E-state index in [4.69, 9.17) is 0 Å². The molecule has 0 saturated carbocycles. The predicted molar refractivity (Wildman–Crippen MR) is 216 cm³/mol. The van der Waals surface area contributed by atoms with Crippen LogP contribution >= 0.6 is 0 Å². The fourth-order valence-electron chi connectivity index (χ4n) is 6.38. The van der Waals surface area contributed by atoms with Crippen molar-refractivity contribution < 1.29 is 46.1 Å². The molecule has 0 aromatic heterocycles. The molecule has 4 rings (SSSR count). The van der Waals surface area contributed by atoms with Crippen molar-refractivity contribution in [2.45, 2.75) is 117 Å². The van der Waals surface area contributed by atoms with Gasteiger partial charge in [0.2, 0.25) is 11.6 Å². The maximum atomic E-state index is 14.6. The molecule has 2 N–H and O–H groups in total. The highest BCUT2D eigenvalue weighted by molar-refractivity contribution is 6.52. The standard InChI is InChI=1S/C44H48F6N4O4/c1-39(2,3)27-17-23(18-28(35(27)55)40(4,5)6)21-51-53-31-15-13-25(33(37(31)57)43(45,46)47)26-14-16-32(38(58)34(26)44(48,49)50)54-52-22-24-19-29(41(7,8)9)36(56)30(20-24)42(10,11)12/h13-22,55-56H,1-12H3. The van der Waals surface area contributed by atoms with Crippen LogP contribution in [0.15, 0.2) is 91.3 Å². The number of allylic oxidation sites excluding steroid dienone is 8. The van der Waals surface area contributed by atoms with Crippen LogP contribution in [0.5, 0.6) is 11.5 Å². The Morgan fingerprint density at radius 3 is 0.948 bits per heavy atom. The maximum absolute atomic E-state index is 14.6. The van der Waals surface area contributed by atoms with E-state index in [1.807, 2.05) is 83.1 Å². The molecule has 2 aromatic carbocycles. The third kappa shape index (κ3) is 9.82. The summed E-state index contributed by atoms with van der Waals surface area (Å²) in [7, 11) is 0. The number of halogens is 6. The largest absolute Gasteiger partial charge is 0.507 e. The second-order valence-corrected chi connectivity index (χ2v) is 18.3. The number of benzene rings is 2. The van der Waals surface area contributed by atoms with Crippen LogP contribution < -0.4 is 0 Å². The Morgan fingerprint density at radius 2 is 0.724 bits per heavy atom. The van der Waals surface area contributed by atoms with Gasteiger partial charge in [-0.15, -0.1) is 10.2 Å². The van der Waals surface area contributed by atoms with E-state index in [1.54, 1.807) is 24.3 Å². The summed E-state index contributed by atoms with van der Waals surface area (Å²) in [4.78, 5) is 26.6. The molecule has 0 bridgehead atoms. The molecular weight excluding hydrogens is 762 g/mol. The van der Waals surface area contributed by atoms with Gasteiger partial charge in [-0.2, -0.15) is 36.5 Å². The van der Waals surface area contributed by atoms with Gasteiger partial charge in [0.05, 0.1) is 12.4 Å². The van der Waals surface area contributed by atoms with Gasteiger partial charge in [-0.05, 0) is 80.4 Å². The summed E-state index contributed by atoms with van der Waals surface area (Å²) in [6.45, 7) is 22.5. The summed E-state index contributed by atoms with van der Waals surface area (Å²) in [5, 5.41) is 37.0. The predicted octanol–water partition coefficient (Wildman–Crippen LogP) is 10.5. The molecule has 0 spiro atoms. The van der Waals surface area contributed by atoms with E-state index in [-0.39, 0.29) is 11.5 Å². The molecule has 58 heavy (non-hydrogen) atoms. The molecule has 0 fully saturated rings. The van der Waals surface area contributed by atoms with Gasteiger partial charge in [0.15, 0.2) is 0 Å². The molecule has 310 valence electrons. The Labute approximate surface area is 334 Å². The van der Waals surface area contributed by atoms with Crippen LogP contribution in [-0.4, -0.2) is 58.0 Å². The molecule has 8 nitrogen and oxygen atoms in total. The number of hydrogen-bond donors (Lipinski definition) is 2. The highest BCUT2D eigenvalue weighted by Gasteiger charge is 2.48. The van der Waals surface area contributed by atoms with Gasteiger partial charge in [-0.1, -0.05) is 95.2 Å². The number of nitrogens with zero attached hydrogens (tertiary/aromatic N) is 4. The molecule has 14 heteroatoms. The highest BCUT2D eigenvalue weighted by Crippen LogP contribution is 2.43. The second kappa shape index (κ2) is 15.4. The molecule has 0 aliphatic heterocycles. The normalized spacial score (nSPS) is 18.0. The average molecular weight is 811 g/mol. The van der Waals surface area contributed by atoms with Gasteiger partial charge in [0, 0.05) is 22.3 Å². The van der Waals surface area contributed by atoms with E-state index in [1.165, 1.54) is 12.4 Å². The van der Waals surface area contributed by atoms with E-state index in [0.717, 1.165) is 12.2 Å². The molecule has 2 aliphatic rings. The lowest BCUT2D eigenvalue weighted by Crippen LogP contribution is -2.33. The Hall–Kier alpha value is -5.40. The minimum atomic E-state index is -5.47. The van der Waals surface area contributed by atoms with E-state index >= 15 is 0 Å². The first-order valence-corrected chi connectivity index (χ1v) is 18.3. The molecular formula is C44H48F6N4O4. The SMILES string of the molecule is CC(C)(C)c1cc(C=NN=C2C=CC(C3=C(C(F)(F)F)C(=O)C(=NN=Cc4cc(C(C)(C)C)c(O)c(C(C)(C)C)c4)C=C3)=C(C(F)(F)F)C2=O)cc(C(C)(C)C)c1O. The Bertz CT molecular complexity index is 2060. The first-order valence-electron chi connectivity index (χ1n) is 18.3. The fourth-order valence-corrected chi connectivity index (χ4v) is 6.38. The number of phenols is 2. The molecule has 2 aromatic rings. The summed E-state index contributed by atoms with van der Waals surface area (Å²) in [6, 6.07) is 6.52. The third-order valence-electron chi connectivity index (χ3n) is 9.37. The van der Waals surface area contributed by atoms with Crippen molar-refractivity contribution in [3.05, 3.63) is 104 Å². The van der Waals surface area contributed by atoms with Gasteiger partial charge in [0.25, 0.3) is 0 Å². The van der Waals surface area contributed by atoms with Crippen molar-refractivity contribution in [1.82, 2.24) is 0 Å². The summed E-state index contributed by atoms with van der Waals surface area (Å²) in [5.41, 5.74) is -6.84. The van der Waals surface area contributed by atoms with Gasteiger partial charge in [-0.25, -0.2) is 0 Å². The molecule has 0 atom stereocenters. The smallest absolute Gasteiger partial charge is 0.420 e. The number of carbonyl (C=O) groups is 2. The van der Waals surface area contributed by atoms with Crippen LogP contribution in [0.2, 0.25) is 0 Å². The number of carbonyl (C=O) groups excluding carboxylic acids is 2. The van der Waals surface area contributed by atoms with Gasteiger partial charge in [-0.3, -0.25) is 9.59 Å². The zero-order valence-electron chi connectivity index (χ0n) is 34.5. The summed E-state index contributed by atoms with van der Waals surface area (Å²) >= 11 is 0. The van der Waals surface area contributed by atoms with Crippen LogP contribution in [-0.2, 0) is 31.2 Å². The van der Waals surface area contributed by atoms with Crippen LogP contribution in [0.25, 0.3) is 0 Å². The lowest BCUT2D eigenvalue weighted by atomic mass is 9.78. The average Bonchev–Trinajstić information content (AvgIpc) is 3.03. The number of hydrogen-bond acceptors (Lipinski definition) is 8. The lowest BCUT2D eigenvalue weighted by molar-refractivity contribution is -0.126. The fraction of sp³-hybridized carbons (Fsp3) is 0.409. The van der Waals surface area contributed by atoms with Crippen molar-refractivity contribution in [3.8, 4) is 11.5 Å². The van der Waals surface area contributed by atoms with E-state index in [9.17, 15) is 46.1 Å². The minimum absolute atomic E-state index is 0.0775. The summed E-state index contributed by atoms with van der Waals surface area (Å²) < 4.78 is 87.4. The van der Waals surface area contributed by atoms with Crippen molar-refractivity contribution in [1.29, 1.82) is 0 Å². The third-order valence-corrected chi connectivity index (χ3v) is 9.37. The van der Waals surface area contributed by atoms with Crippen LogP contribution in [0.4, 0.5) is 26.3 Å². The number of Topliss-reactive ketones (excluding diaryl/α,β-unsaturated/α-hetero) is 2. The van der Waals surface area contributed by atoms with E-state index < -0.39 is 79.3 Å². The van der Waals surface area contributed by atoms with E-state index in [2.05, 4.69) is 20.4 Å². The first kappa shape index (κ1) is 45.3. The first-order chi connectivity index (χ1) is 26.2. The summed E-state index contributed by atoms with van der Waals surface area (Å²) in [5.74, 6) is -3.35. The molecule has 2 aliphatic carbocycles. The molecule has 0 heterocycles. The van der Waals surface area contributed by atoms with Crippen molar-refractivity contribution in [3.63, 3.8) is 0 Å². The van der Waals surface area contributed by atoms with Gasteiger partial charge >= 0.3 is 12.4 Å². The number of rotatable bonds is 5. The van der Waals surface area contributed by atoms with E-state index in [0.29, 0.717) is 45.5 Å². The monoisotopic (exact) mass is 810 g/mol. The van der Waals surface area contributed by atoms with Crippen molar-refractivity contribution in [2.75, 3.05) is 0 Å². The quantitative estimate of drug-likeness (QED) is 0.135. The van der Waals surface area contributed by atoms with Crippen molar-refractivity contribution in [2.24, 2.45) is 20.4 Å². The number of aromatic hydroxyl groups is 2. The maximum Gasteiger partial charge on any atom is 0.420 e. The Morgan fingerprint density at radius 1 is 0.466 bits per heavy atom. The number of ketones is 2. The lowest BCUT2D eigenvalue weighted by Gasteiger charge is -2.27. The summed E-state index contributed by atoms with van der Waals surface area (Å²) in [6.07, 6.45) is -5.69. The minimum Gasteiger partial charge on any atom is -0.507 e. The zero-order chi connectivity index (χ0) is 44.1. The molecule has 0 saturated heterocycles. The zero-order valence-corrected chi connectivity index (χ0v) is 34.5. The Kier molecular flexibility index (Phi) is 12.0.